The van der Waals surface area contributed by atoms with Gasteiger partial charge in [0.2, 0.25) is 0 Å². The molecule has 3 nitrogen and oxygen atoms in total. The zero-order valence-electron chi connectivity index (χ0n) is 8.63. The van der Waals surface area contributed by atoms with Gasteiger partial charge in [-0.05, 0) is 31.7 Å². The van der Waals surface area contributed by atoms with Crippen molar-refractivity contribution in [2.24, 2.45) is 5.92 Å². The molecule has 1 atom stereocenters. The molecule has 0 bridgehead atoms. The van der Waals surface area contributed by atoms with Gasteiger partial charge in [0.25, 0.3) is 0 Å². The van der Waals surface area contributed by atoms with Crippen LogP contribution >= 0.6 is 0 Å². The normalized spacial score (nSPS) is 27.3. The molecule has 14 heavy (non-hydrogen) atoms. The Morgan fingerprint density at radius 2 is 2.14 bits per heavy atom. The molecule has 3 heteroatoms. The molecule has 1 saturated carbocycles. The lowest BCUT2D eigenvalue weighted by Gasteiger charge is -2.21. The van der Waals surface area contributed by atoms with Crippen LogP contribution in [0.4, 0.5) is 0 Å². The van der Waals surface area contributed by atoms with E-state index in [4.69, 9.17) is 4.74 Å². The van der Waals surface area contributed by atoms with Gasteiger partial charge in [-0.3, -0.25) is 4.79 Å². The summed E-state index contributed by atoms with van der Waals surface area (Å²) in [5.74, 6) is 0.812. The maximum absolute atomic E-state index is 11.5. The molecular formula is C11H19NO2. The summed E-state index contributed by atoms with van der Waals surface area (Å²) < 4.78 is 5.23. The summed E-state index contributed by atoms with van der Waals surface area (Å²) in [5, 5.41) is 3.20. The van der Waals surface area contributed by atoms with Crippen molar-refractivity contribution >= 4 is 5.97 Å². The Labute approximate surface area is 85.2 Å². The van der Waals surface area contributed by atoms with Gasteiger partial charge in [-0.25, -0.2) is 0 Å². The number of rotatable bonds is 4. The lowest BCUT2D eigenvalue weighted by molar-refractivity contribution is -0.147. The Bertz CT molecular complexity index is 195. The third-order valence-corrected chi connectivity index (χ3v) is 3.06. The molecule has 0 aromatic heterocycles. The highest BCUT2D eigenvalue weighted by atomic mass is 16.5. The number of hydrogen-bond acceptors (Lipinski definition) is 3. The molecule has 1 unspecified atom stereocenters. The van der Waals surface area contributed by atoms with Crippen molar-refractivity contribution in [3.63, 3.8) is 0 Å². The lowest BCUT2D eigenvalue weighted by Crippen LogP contribution is -2.41. The van der Waals surface area contributed by atoms with Crippen molar-refractivity contribution in [3.05, 3.63) is 0 Å². The summed E-state index contributed by atoms with van der Waals surface area (Å²) in [6, 6.07) is -0.0250. The SMILES string of the molecule is O=C(OCCC1CC1)C1CCCCN1. The summed E-state index contributed by atoms with van der Waals surface area (Å²) in [5.41, 5.74) is 0. The van der Waals surface area contributed by atoms with Crippen LogP contribution in [0.2, 0.25) is 0 Å². The van der Waals surface area contributed by atoms with Crippen LogP contribution in [0.1, 0.15) is 38.5 Å². The molecule has 1 N–H and O–H groups in total. The van der Waals surface area contributed by atoms with Crippen molar-refractivity contribution < 1.29 is 9.53 Å². The molecule has 80 valence electrons. The van der Waals surface area contributed by atoms with Crippen LogP contribution in [0.25, 0.3) is 0 Å². The standard InChI is InChI=1S/C11H19NO2/c13-11(10-3-1-2-7-12-10)14-8-6-9-4-5-9/h9-10,12H,1-8H2. The number of carbonyl (C=O) groups is 1. The fourth-order valence-corrected chi connectivity index (χ4v) is 1.89. The van der Waals surface area contributed by atoms with Crippen LogP contribution in [0.15, 0.2) is 0 Å². The fourth-order valence-electron chi connectivity index (χ4n) is 1.89. The molecule has 1 aliphatic carbocycles. The third-order valence-electron chi connectivity index (χ3n) is 3.06. The molecule has 0 aromatic rings. The van der Waals surface area contributed by atoms with E-state index in [1.54, 1.807) is 0 Å². The average Bonchev–Trinajstić information content (AvgIpc) is 3.03. The highest BCUT2D eigenvalue weighted by Crippen LogP contribution is 2.32. The van der Waals surface area contributed by atoms with E-state index in [1.165, 1.54) is 19.3 Å². The molecule has 0 spiro atoms. The Balaban J connectivity index is 1.60. The largest absolute Gasteiger partial charge is 0.465 e. The second-order valence-electron chi connectivity index (χ2n) is 4.40. The monoisotopic (exact) mass is 197 g/mol. The van der Waals surface area contributed by atoms with Crippen molar-refractivity contribution in [1.29, 1.82) is 0 Å². The van der Waals surface area contributed by atoms with Crippen molar-refractivity contribution in [3.8, 4) is 0 Å². The highest BCUT2D eigenvalue weighted by Gasteiger charge is 2.24. The number of esters is 1. The fraction of sp³-hybridized carbons (Fsp3) is 0.909. The summed E-state index contributed by atoms with van der Waals surface area (Å²) in [4.78, 5) is 11.5. The van der Waals surface area contributed by atoms with Crippen LogP contribution in [0.3, 0.4) is 0 Å². The molecule has 0 radical (unpaired) electrons. The topological polar surface area (TPSA) is 38.3 Å². The first-order valence-electron chi connectivity index (χ1n) is 5.76. The minimum Gasteiger partial charge on any atom is -0.465 e. The van der Waals surface area contributed by atoms with Crippen LogP contribution in [-0.2, 0) is 9.53 Å². The zero-order valence-corrected chi connectivity index (χ0v) is 8.63. The van der Waals surface area contributed by atoms with Crippen molar-refractivity contribution in [2.75, 3.05) is 13.2 Å². The summed E-state index contributed by atoms with van der Waals surface area (Å²) in [6.07, 6.45) is 7.01. The summed E-state index contributed by atoms with van der Waals surface area (Å²) in [7, 11) is 0. The quantitative estimate of drug-likeness (QED) is 0.694. The first kappa shape index (κ1) is 9.97. The first-order valence-corrected chi connectivity index (χ1v) is 5.76. The molecule has 2 aliphatic rings. The van der Waals surface area contributed by atoms with E-state index in [0.29, 0.717) is 6.61 Å². The maximum Gasteiger partial charge on any atom is 0.323 e. The molecule has 1 heterocycles. The number of piperidine rings is 1. The Kier molecular flexibility index (Phi) is 3.40. The van der Waals surface area contributed by atoms with E-state index in [-0.39, 0.29) is 12.0 Å². The van der Waals surface area contributed by atoms with Gasteiger partial charge in [-0.15, -0.1) is 0 Å². The highest BCUT2D eigenvalue weighted by molar-refractivity contribution is 5.75. The average molecular weight is 197 g/mol. The van der Waals surface area contributed by atoms with Gasteiger partial charge in [0, 0.05) is 0 Å². The van der Waals surface area contributed by atoms with Gasteiger partial charge >= 0.3 is 5.97 Å². The Morgan fingerprint density at radius 3 is 2.79 bits per heavy atom. The predicted octanol–water partition coefficient (Wildman–Crippen LogP) is 1.47. The van der Waals surface area contributed by atoms with Crippen LogP contribution in [-0.4, -0.2) is 25.2 Å². The van der Waals surface area contributed by atoms with Crippen molar-refractivity contribution in [2.45, 2.75) is 44.6 Å². The van der Waals surface area contributed by atoms with Gasteiger partial charge < -0.3 is 10.1 Å². The van der Waals surface area contributed by atoms with E-state index in [1.807, 2.05) is 0 Å². The van der Waals surface area contributed by atoms with E-state index in [0.717, 1.165) is 31.7 Å². The number of hydrogen-bond donors (Lipinski definition) is 1. The molecule has 1 aliphatic heterocycles. The second-order valence-corrected chi connectivity index (χ2v) is 4.40. The van der Waals surface area contributed by atoms with Gasteiger partial charge in [0.05, 0.1) is 6.61 Å². The van der Waals surface area contributed by atoms with E-state index in [2.05, 4.69) is 5.32 Å². The van der Waals surface area contributed by atoms with Gasteiger partial charge in [-0.1, -0.05) is 19.3 Å². The van der Waals surface area contributed by atoms with E-state index >= 15 is 0 Å². The smallest absolute Gasteiger partial charge is 0.323 e. The molecule has 1 saturated heterocycles. The number of ether oxygens (including phenoxy) is 1. The minimum atomic E-state index is -0.0367. The van der Waals surface area contributed by atoms with Crippen LogP contribution < -0.4 is 5.32 Å². The number of nitrogens with one attached hydrogen (secondary N) is 1. The van der Waals surface area contributed by atoms with E-state index in [9.17, 15) is 4.79 Å². The van der Waals surface area contributed by atoms with Gasteiger partial charge in [0.15, 0.2) is 0 Å². The van der Waals surface area contributed by atoms with Crippen LogP contribution in [0, 0.1) is 5.92 Å². The third kappa shape index (κ3) is 2.98. The summed E-state index contributed by atoms with van der Waals surface area (Å²) >= 11 is 0. The zero-order chi connectivity index (χ0) is 9.80. The Morgan fingerprint density at radius 1 is 1.29 bits per heavy atom. The molecule has 0 aromatic carbocycles. The lowest BCUT2D eigenvalue weighted by atomic mass is 10.1. The number of carbonyl (C=O) groups excluding carboxylic acids is 1. The minimum absolute atomic E-state index is 0.0250. The molecule has 0 amide bonds. The molecule has 2 rings (SSSR count). The van der Waals surface area contributed by atoms with Gasteiger partial charge in [0.1, 0.15) is 6.04 Å². The van der Waals surface area contributed by atoms with Gasteiger partial charge in [-0.2, -0.15) is 0 Å². The van der Waals surface area contributed by atoms with Crippen molar-refractivity contribution in [1.82, 2.24) is 5.32 Å². The Hall–Kier alpha value is -0.570. The first-order chi connectivity index (χ1) is 6.86. The maximum atomic E-state index is 11.5. The van der Waals surface area contributed by atoms with Crippen LogP contribution in [0.5, 0.6) is 0 Å². The van der Waals surface area contributed by atoms with E-state index < -0.39 is 0 Å². The second kappa shape index (κ2) is 4.78. The molecular weight excluding hydrogens is 178 g/mol. The summed E-state index contributed by atoms with van der Waals surface area (Å²) in [6.45, 7) is 1.59. The predicted molar refractivity (Wildman–Crippen MR) is 53.9 cm³/mol. The molecule has 2 fully saturated rings.